The van der Waals surface area contributed by atoms with Gasteiger partial charge in [-0.05, 0) is 23.6 Å². The van der Waals surface area contributed by atoms with Crippen molar-refractivity contribution >= 4 is 12.4 Å². The van der Waals surface area contributed by atoms with Gasteiger partial charge in [-0.3, -0.25) is 0 Å². The van der Waals surface area contributed by atoms with Gasteiger partial charge in [0, 0.05) is 0 Å². The van der Waals surface area contributed by atoms with E-state index in [2.05, 4.69) is 0 Å². The van der Waals surface area contributed by atoms with Gasteiger partial charge in [0.25, 0.3) is 0 Å². The van der Waals surface area contributed by atoms with Gasteiger partial charge in [-0.15, -0.1) is 12.4 Å². The van der Waals surface area contributed by atoms with Gasteiger partial charge in [-0.2, -0.15) is 0 Å². The van der Waals surface area contributed by atoms with E-state index in [0.717, 1.165) is 11.3 Å². The first-order chi connectivity index (χ1) is 7.06. The highest BCUT2D eigenvalue weighted by Gasteiger charge is 2.19. The van der Waals surface area contributed by atoms with Crippen molar-refractivity contribution < 1.29 is 9.84 Å². The van der Waals surface area contributed by atoms with E-state index in [0.29, 0.717) is 0 Å². The Balaban J connectivity index is 0.00000225. The highest BCUT2D eigenvalue weighted by molar-refractivity contribution is 5.85. The zero-order valence-corrected chi connectivity index (χ0v) is 10.7. The summed E-state index contributed by atoms with van der Waals surface area (Å²) in [6.45, 7) is 3.90. The lowest BCUT2D eigenvalue weighted by Gasteiger charge is -2.22. The summed E-state index contributed by atoms with van der Waals surface area (Å²) in [5, 5.41) is 9.82. The van der Waals surface area contributed by atoms with E-state index in [-0.39, 0.29) is 24.4 Å². The van der Waals surface area contributed by atoms with Crippen LogP contribution in [0.5, 0.6) is 5.75 Å². The molecule has 0 aliphatic rings. The van der Waals surface area contributed by atoms with E-state index >= 15 is 0 Å². The molecule has 0 radical (unpaired) electrons. The summed E-state index contributed by atoms with van der Waals surface area (Å²) >= 11 is 0. The SMILES string of the molecule is COc1ccc([C@H](N)[C@H](O)C(C)C)cc1.Cl. The second-order valence-corrected chi connectivity index (χ2v) is 4.03. The van der Waals surface area contributed by atoms with Crippen LogP contribution in [0.25, 0.3) is 0 Å². The van der Waals surface area contributed by atoms with Crippen molar-refractivity contribution in [2.45, 2.75) is 26.0 Å². The minimum atomic E-state index is -0.515. The quantitative estimate of drug-likeness (QED) is 0.855. The van der Waals surface area contributed by atoms with Gasteiger partial charge in [0.2, 0.25) is 0 Å². The number of aliphatic hydroxyl groups excluding tert-OH is 1. The van der Waals surface area contributed by atoms with Gasteiger partial charge < -0.3 is 15.6 Å². The van der Waals surface area contributed by atoms with Gasteiger partial charge in [0.05, 0.1) is 19.3 Å². The largest absolute Gasteiger partial charge is 0.497 e. The van der Waals surface area contributed by atoms with Crippen molar-refractivity contribution in [2.24, 2.45) is 11.7 Å². The first-order valence-electron chi connectivity index (χ1n) is 5.14. The maximum atomic E-state index is 9.82. The Bertz CT molecular complexity index is 300. The molecule has 3 N–H and O–H groups in total. The first-order valence-corrected chi connectivity index (χ1v) is 5.14. The number of hydrogen-bond donors (Lipinski definition) is 2. The number of hydrogen-bond acceptors (Lipinski definition) is 3. The highest BCUT2D eigenvalue weighted by Crippen LogP contribution is 2.21. The molecule has 0 unspecified atom stereocenters. The van der Waals surface area contributed by atoms with Crippen LogP contribution in [0.2, 0.25) is 0 Å². The van der Waals surface area contributed by atoms with Gasteiger partial charge in [-0.1, -0.05) is 26.0 Å². The van der Waals surface area contributed by atoms with Gasteiger partial charge in [0.15, 0.2) is 0 Å². The third kappa shape index (κ3) is 3.67. The zero-order chi connectivity index (χ0) is 11.4. The molecule has 0 bridgehead atoms. The standard InChI is InChI=1S/C12H19NO2.ClH/c1-8(2)12(14)11(13)9-4-6-10(15-3)7-5-9;/h4-8,11-12,14H,13H2,1-3H3;1H/t11-,12+;/m0./s1. The lowest BCUT2D eigenvalue weighted by Crippen LogP contribution is -2.30. The van der Waals surface area contributed by atoms with Crippen LogP contribution in [-0.4, -0.2) is 18.3 Å². The molecule has 3 nitrogen and oxygen atoms in total. The van der Waals surface area contributed by atoms with Crippen LogP contribution in [0.3, 0.4) is 0 Å². The first kappa shape index (κ1) is 15.2. The third-order valence-electron chi connectivity index (χ3n) is 2.55. The Hall–Kier alpha value is -0.770. The van der Waals surface area contributed by atoms with Gasteiger partial charge in [-0.25, -0.2) is 0 Å². The summed E-state index contributed by atoms with van der Waals surface area (Å²) in [4.78, 5) is 0. The molecule has 16 heavy (non-hydrogen) atoms. The van der Waals surface area contributed by atoms with Crippen molar-refractivity contribution in [2.75, 3.05) is 7.11 Å². The van der Waals surface area contributed by atoms with Gasteiger partial charge in [0.1, 0.15) is 5.75 Å². The zero-order valence-electron chi connectivity index (χ0n) is 9.88. The Labute approximate surface area is 103 Å². The van der Waals surface area contributed by atoms with Crippen LogP contribution in [-0.2, 0) is 0 Å². The lowest BCUT2D eigenvalue weighted by atomic mass is 9.94. The highest BCUT2D eigenvalue weighted by atomic mass is 35.5. The second kappa shape index (κ2) is 6.74. The minimum absolute atomic E-state index is 0. The summed E-state index contributed by atoms with van der Waals surface area (Å²) < 4.78 is 5.05. The molecule has 1 aromatic rings. The maximum absolute atomic E-state index is 9.82. The Morgan fingerprint density at radius 3 is 2.06 bits per heavy atom. The molecule has 0 aliphatic heterocycles. The number of ether oxygens (including phenoxy) is 1. The van der Waals surface area contributed by atoms with E-state index in [9.17, 15) is 5.11 Å². The van der Waals surface area contributed by atoms with Crippen LogP contribution in [0.15, 0.2) is 24.3 Å². The van der Waals surface area contributed by atoms with E-state index < -0.39 is 6.10 Å². The van der Waals surface area contributed by atoms with Crippen LogP contribution in [0.1, 0.15) is 25.5 Å². The van der Waals surface area contributed by atoms with E-state index in [1.807, 2.05) is 38.1 Å². The van der Waals surface area contributed by atoms with Crippen LogP contribution in [0.4, 0.5) is 0 Å². The molecule has 0 saturated carbocycles. The number of aliphatic hydroxyl groups is 1. The van der Waals surface area contributed by atoms with E-state index in [1.54, 1.807) is 7.11 Å². The molecule has 1 aromatic carbocycles. The molecule has 4 heteroatoms. The molecule has 0 amide bonds. The van der Waals surface area contributed by atoms with Crippen molar-refractivity contribution in [1.29, 1.82) is 0 Å². The topological polar surface area (TPSA) is 55.5 Å². The maximum Gasteiger partial charge on any atom is 0.118 e. The fourth-order valence-electron chi connectivity index (χ4n) is 1.44. The number of nitrogens with two attached hydrogens (primary N) is 1. The summed E-state index contributed by atoms with van der Waals surface area (Å²) in [6, 6.07) is 7.13. The Morgan fingerprint density at radius 1 is 1.19 bits per heavy atom. The summed E-state index contributed by atoms with van der Waals surface area (Å²) in [5.74, 6) is 0.951. The molecule has 0 saturated heterocycles. The monoisotopic (exact) mass is 245 g/mol. The molecule has 0 spiro atoms. The van der Waals surface area contributed by atoms with Crippen molar-refractivity contribution in [3.8, 4) is 5.75 Å². The van der Waals surface area contributed by atoms with E-state index in [4.69, 9.17) is 10.5 Å². The Morgan fingerprint density at radius 2 is 1.69 bits per heavy atom. The molecule has 1 rings (SSSR count). The summed E-state index contributed by atoms with van der Waals surface area (Å²) in [6.07, 6.45) is -0.515. The molecule has 0 heterocycles. The summed E-state index contributed by atoms with van der Waals surface area (Å²) in [7, 11) is 1.62. The normalized spacial score (nSPS) is 14.1. The van der Waals surface area contributed by atoms with Crippen molar-refractivity contribution in [3.05, 3.63) is 29.8 Å². The number of halogens is 1. The molecule has 0 fully saturated rings. The van der Waals surface area contributed by atoms with Crippen molar-refractivity contribution in [3.63, 3.8) is 0 Å². The number of rotatable bonds is 4. The predicted octanol–water partition coefficient (Wildman–Crippen LogP) is 2.13. The fourth-order valence-corrected chi connectivity index (χ4v) is 1.44. The number of benzene rings is 1. The molecule has 0 aliphatic carbocycles. The lowest BCUT2D eigenvalue weighted by molar-refractivity contribution is 0.0979. The minimum Gasteiger partial charge on any atom is -0.497 e. The molecule has 2 atom stereocenters. The van der Waals surface area contributed by atoms with E-state index in [1.165, 1.54) is 0 Å². The average Bonchev–Trinajstić information content (AvgIpc) is 2.27. The van der Waals surface area contributed by atoms with Crippen LogP contribution in [0, 0.1) is 5.92 Å². The third-order valence-corrected chi connectivity index (χ3v) is 2.55. The fraction of sp³-hybridized carbons (Fsp3) is 0.500. The van der Waals surface area contributed by atoms with Crippen molar-refractivity contribution in [1.82, 2.24) is 0 Å². The summed E-state index contributed by atoms with van der Waals surface area (Å²) in [5.41, 5.74) is 6.87. The second-order valence-electron chi connectivity index (χ2n) is 4.03. The molecule has 92 valence electrons. The average molecular weight is 246 g/mol. The number of methoxy groups -OCH3 is 1. The van der Waals surface area contributed by atoms with Gasteiger partial charge >= 0.3 is 0 Å². The predicted molar refractivity (Wildman–Crippen MR) is 68.0 cm³/mol. The molecular weight excluding hydrogens is 226 g/mol. The smallest absolute Gasteiger partial charge is 0.118 e. The van der Waals surface area contributed by atoms with Crippen LogP contribution < -0.4 is 10.5 Å². The molecular formula is C12H20ClNO2. The Kier molecular flexibility index (Phi) is 6.41. The molecule has 0 aromatic heterocycles. The van der Waals surface area contributed by atoms with Crippen LogP contribution >= 0.6 is 12.4 Å².